The Morgan fingerprint density at radius 1 is 1.15 bits per heavy atom. The number of sulfonamides is 1. The Labute approximate surface area is 154 Å². The van der Waals surface area contributed by atoms with Crippen LogP contribution in [0.2, 0.25) is 0 Å². The summed E-state index contributed by atoms with van der Waals surface area (Å²) >= 11 is 0. The number of hydrogen-bond acceptors (Lipinski definition) is 4. The molecule has 3 rings (SSSR count). The summed E-state index contributed by atoms with van der Waals surface area (Å²) in [5.41, 5.74) is 2.84. The van der Waals surface area contributed by atoms with Gasteiger partial charge in [-0.05, 0) is 48.4 Å². The standard InChI is InChI=1S/C19H23N3O3S/c1-22(2)19(23)15-7-9-16(10-8-15)26(24,25)21-13-18-17-6-4-3-5-14(17)11-12-20-18/h3-10,18,20-21H,11-13H2,1-2H3. The van der Waals surface area contributed by atoms with Gasteiger partial charge in [-0.1, -0.05) is 24.3 Å². The molecule has 0 radical (unpaired) electrons. The zero-order valence-electron chi connectivity index (χ0n) is 14.9. The summed E-state index contributed by atoms with van der Waals surface area (Å²) in [6.45, 7) is 1.10. The third-order valence-corrected chi connectivity index (χ3v) is 5.95. The first-order chi connectivity index (χ1) is 12.4. The van der Waals surface area contributed by atoms with E-state index in [-0.39, 0.29) is 23.4 Å². The van der Waals surface area contributed by atoms with Crippen LogP contribution in [0.1, 0.15) is 27.5 Å². The number of fused-ring (bicyclic) bond motifs is 1. The van der Waals surface area contributed by atoms with Crippen molar-refractivity contribution in [3.05, 3.63) is 65.2 Å². The van der Waals surface area contributed by atoms with Gasteiger partial charge in [0.25, 0.3) is 5.91 Å². The maximum atomic E-state index is 12.6. The van der Waals surface area contributed by atoms with Gasteiger partial charge < -0.3 is 10.2 Å². The van der Waals surface area contributed by atoms with Gasteiger partial charge in [-0.25, -0.2) is 13.1 Å². The summed E-state index contributed by atoms with van der Waals surface area (Å²) in [6, 6.07) is 14.0. The van der Waals surface area contributed by atoms with Crippen molar-refractivity contribution < 1.29 is 13.2 Å². The molecule has 26 heavy (non-hydrogen) atoms. The smallest absolute Gasteiger partial charge is 0.253 e. The fourth-order valence-corrected chi connectivity index (χ4v) is 4.13. The second-order valence-electron chi connectivity index (χ2n) is 6.53. The van der Waals surface area contributed by atoms with Crippen molar-refractivity contribution in [3.63, 3.8) is 0 Å². The third kappa shape index (κ3) is 3.95. The van der Waals surface area contributed by atoms with Crippen LogP contribution >= 0.6 is 0 Å². The average Bonchev–Trinajstić information content (AvgIpc) is 2.65. The quantitative estimate of drug-likeness (QED) is 0.834. The zero-order valence-corrected chi connectivity index (χ0v) is 15.7. The van der Waals surface area contributed by atoms with Crippen LogP contribution in [0.3, 0.4) is 0 Å². The number of nitrogens with one attached hydrogen (secondary N) is 2. The monoisotopic (exact) mass is 373 g/mol. The molecule has 0 saturated heterocycles. The van der Waals surface area contributed by atoms with Crippen LogP contribution in [0.4, 0.5) is 0 Å². The molecule has 1 heterocycles. The van der Waals surface area contributed by atoms with Crippen molar-refractivity contribution in [1.29, 1.82) is 0 Å². The van der Waals surface area contributed by atoms with Gasteiger partial charge in [0.2, 0.25) is 10.0 Å². The molecule has 0 aromatic heterocycles. The Kier molecular flexibility index (Phi) is 5.41. The van der Waals surface area contributed by atoms with E-state index in [1.54, 1.807) is 14.1 Å². The number of carbonyl (C=O) groups excluding carboxylic acids is 1. The van der Waals surface area contributed by atoms with E-state index in [0.29, 0.717) is 5.56 Å². The van der Waals surface area contributed by atoms with Gasteiger partial charge in [0.1, 0.15) is 0 Å². The van der Waals surface area contributed by atoms with Gasteiger partial charge in [-0.3, -0.25) is 4.79 Å². The maximum Gasteiger partial charge on any atom is 0.253 e. The highest BCUT2D eigenvalue weighted by Gasteiger charge is 2.22. The molecule has 2 aromatic carbocycles. The Balaban J connectivity index is 1.71. The molecule has 2 N–H and O–H groups in total. The molecule has 0 spiro atoms. The number of benzene rings is 2. The maximum absolute atomic E-state index is 12.6. The summed E-state index contributed by atoms with van der Waals surface area (Å²) in [5, 5.41) is 3.36. The normalized spacial score (nSPS) is 16.8. The topological polar surface area (TPSA) is 78.5 Å². The largest absolute Gasteiger partial charge is 0.345 e. The first-order valence-electron chi connectivity index (χ1n) is 8.51. The molecule has 1 amide bonds. The molecular formula is C19H23N3O3S. The van der Waals surface area contributed by atoms with Gasteiger partial charge in [0.05, 0.1) is 4.90 Å². The minimum Gasteiger partial charge on any atom is -0.345 e. The molecule has 2 aromatic rings. The van der Waals surface area contributed by atoms with E-state index >= 15 is 0 Å². The van der Waals surface area contributed by atoms with Crippen molar-refractivity contribution in [2.75, 3.05) is 27.2 Å². The molecule has 1 aliphatic heterocycles. The van der Waals surface area contributed by atoms with Crippen molar-refractivity contribution in [3.8, 4) is 0 Å². The number of nitrogens with zero attached hydrogens (tertiary/aromatic N) is 1. The van der Waals surface area contributed by atoms with Crippen molar-refractivity contribution in [2.45, 2.75) is 17.4 Å². The van der Waals surface area contributed by atoms with E-state index in [1.165, 1.54) is 34.7 Å². The highest BCUT2D eigenvalue weighted by atomic mass is 32.2. The number of rotatable bonds is 5. The van der Waals surface area contributed by atoms with Crippen LogP contribution in [0.15, 0.2) is 53.4 Å². The van der Waals surface area contributed by atoms with Crippen molar-refractivity contribution in [2.24, 2.45) is 0 Å². The summed E-state index contributed by atoms with van der Waals surface area (Å²) in [5.74, 6) is -0.162. The minimum absolute atomic E-state index is 0.0516. The summed E-state index contributed by atoms with van der Waals surface area (Å²) in [6.07, 6.45) is 0.945. The Morgan fingerprint density at radius 3 is 2.54 bits per heavy atom. The predicted molar refractivity (Wildman–Crippen MR) is 101 cm³/mol. The molecule has 0 saturated carbocycles. The van der Waals surface area contributed by atoms with E-state index in [4.69, 9.17) is 0 Å². The van der Waals surface area contributed by atoms with Crippen LogP contribution in [-0.2, 0) is 16.4 Å². The van der Waals surface area contributed by atoms with E-state index in [9.17, 15) is 13.2 Å². The minimum atomic E-state index is -3.64. The number of hydrogen-bond donors (Lipinski definition) is 2. The van der Waals surface area contributed by atoms with E-state index in [0.717, 1.165) is 18.5 Å². The van der Waals surface area contributed by atoms with Gasteiger partial charge >= 0.3 is 0 Å². The van der Waals surface area contributed by atoms with Gasteiger partial charge in [-0.15, -0.1) is 0 Å². The summed E-state index contributed by atoms with van der Waals surface area (Å²) in [4.78, 5) is 13.5. The number of amides is 1. The van der Waals surface area contributed by atoms with E-state index in [1.807, 2.05) is 18.2 Å². The summed E-state index contributed by atoms with van der Waals surface area (Å²) in [7, 11) is -0.327. The van der Waals surface area contributed by atoms with Gasteiger partial charge in [-0.2, -0.15) is 0 Å². The van der Waals surface area contributed by atoms with Crippen LogP contribution in [-0.4, -0.2) is 46.4 Å². The Morgan fingerprint density at radius 2 is 1.85 bits per heavy atom. The first-order valence-corrected chi connectivity index (χ1v) is 9.99. The number of carbonyl (C=O) groups is 1. The van der Waals surface area contributed by atoms with Crippen LogP contribution < -0.4 is 10.0 Å². The van der Waals surface area contributed by atoms with Crippen molar-refractivity contribution in [1.82, 2.24) is 14.9 Å². The highest BCUT2D eigenvalue weighted by Crippen LogP contribution is 2.22. The Bertz CT molecular complexity index is 893. The lowest BCUT2D eigenvalue weighted by Crippen LogP contribution is -2.38. The molecule has 0 fully saturated rings. The average molecular weight is 373 g/mol. The van der Waals surface area contributed by atoms with Crippen molar-refractivity contribution >= 4 is 15.9 Å². The van der Waals surface area contributed by atoms with Gasteiger partial charge in [0, 0.05) is 32.2 Å². The lowest BCUT2D eigenvalue weighted by Gasteiger charge is -2.27. The van der Waals surface area contributed by atoms with E-state index < -0.39 is 10.0 Å². The fraction of sp³-hybridized carbons (Fsp3) is 0.316. The SMILES string of the molecule is CN(C)C(=O)c1ccc(S(=O)(=O)NCC2NCCc3ccccc32)cc1. The molecule has 1 aliphatic rings. The predicted octanol–water partition coefficient (Wildman–Crippen LogP) is 1.55. The second-order valence-corrected chi connectivity index (χ2v) is 8.30. The highest BCUT2D eigenvalue weighted by molar-refractivity contribution is 7.89. The lowest BCUT2D eigenvalue weighted by molar-refractivity contribution is 0.0827. The Hall–Kier alpha value is -2.22. The van der Waals surface area contributed by atoms with Crippen LogP contribution in [0, 0.1) is 0 Å². The fourth-order valence-electron chi connectivity index (χ4n) is 3.09. The molecule has 138 valence electrons. The molecule has 1 atom stereocenters. The molecule has 7 heteroatoms. The molecule has 1 unspecified atom stereocenters. The lowest BCUT2D eigenvalue weighted by atomic mass is 9.95. The first kappa shape index (κ1) is 18.6. The van der Waals surface area contributed by atoms with E-state index in [2.05, 4.69) is 16.1 Å². The second kappa shape index (κ2) is 7.57. The van der Waals surface area contributed by atoms with Crippen LogP contribution in [0.25, 0.3) is 0 Å². The molecule has 0 aliphatic carbocycles. The van der Waals surface area contributed by atoms with Gasteiger partial charge in [0.15, 0.2) is 0 Å². The molecule has 6 nitrogen and oxygen atoms in total. The zero-order chi connectivity index (χ0) is 18.7. The molecule has 0 bridgehead atoms. The summed E-state index contributed by atoms with van der Waals surface area (Å²) < 4.78 is 27.8. The third-order valence-electron chi connectivity index (χ3n) is 4.51. The molecular weight excluding hydrogens is 350 g/mol. The van der Waals surface area contributed by atoms with Crippen LogP contribution in [0.5, 0.6) is 0 Å².